The van der Waals surface area contributed by atoms with E-state index in [0.29, 0.717) is 18.8 Å². The first-order valence-corrected chi connectivity index (χ1v) is 6.44. The Bertz CT molecular complexity index is 563. The first kappa shape index (κ1) is 20.3. The molecule has 0 bridgehead atoms. The van der Waals surface area contributed by atoms with Crippen LogP contribution in [-0.4, -0.2) is 45.5 Å². The van der Waals surface area contributed by atoms with Gasteiger partial charge in [-0.25, -0.2) is 4.68 Å². The monoisotopic (exact) mass is 346 g/mol. The molecule has 9 heteroatoms. The lowest BCUT2D eigenvalue weighted by atomic mass is 10.3. The van der Waals surface area contributed by atoms with E-state index in [1.54, 1.807) is 17.1 Å². The van der Waals surface area contributed by atoms with E-state index in [2.05, 4.69) is 25.9 Å². The number of carbonyl (C=O) groups is 1. The third kappa shape index (κ3) is 5.97. The topological polar surface area (TPSA) is 84.7 Å². The van der Waals surface area contributed by atoms with Gasteiger partial charge in [0.25, 0.3) is 5.91 Å². The minimum absolute atomic E-state index is 0. The smallest absolute Gasteiger partial charge is 0.273 e. The molecule has 22 heavy (non-hydrogen) atoms. The first-order valence-electron chi connectivity index (χ1n) is 6.44. The van der Waals surface area contributed by atoms with Crippen LogP contribution in [0, 0.1) is 0 Å². The standard InChI is InChI=1S/C13H18N6O.2ClH/c1-10(14-2)7-16-13(20)12-9-19(18-17-12)8-11-5-3-4-6-15-11;;/h3-6,9-10,14H,7-8H2,1-2H3,(H,16,20);2*1H. The van der Waals surface area contributed by atoms with E-state index in [1.807, 2.05) is 32.2 Å². The van der Waals surface area contributed by atoms with E-state index in [4.69, 9.17) is 0 Å². The molecule has 2 heterocycles. The summed E-state index contributed by atoms with van der Waals surface area (Å²) < 4.78 is 1.60. The number of pyridine rings is 1. The molecule has 0 aliphatic heterocycles. The molecule has 0 saturated carbocycles. The molecule has 1 amide bonds. The predicted molar refractivity (Wildman–Crippen MR) is 88.7 cm³/mol. The van der Waals surface area contributed by atoms with Crippen LogP contribution in [0.1, 0.15) is 23.1 Å². The second kappa shape index (κ2) is 10.1. The Kier molecular flexibility index (Phi) is 9.32. The van der Waals surface area contributed by atoms with Gasteiger partial charge in [-0.3, -0.25) is 9.78 Å². The zero-order chi connectivity index (χ0) is 14.4. The van der Waals surface area contributed by atoms with E-state index in [-0.39, 0.29) is 36.8 Å². The van der Waals surface area contributed by atoms with Crippen molar-refractivity contribution in [1.82, 2.24) is 30.6 Å². The summed E-state index contributed by atoms with van der Waals surface area (Å²) in [5, 5.41) is 13.6. The molecule has 1 unspecified atom stereocenters. The number of nitrogens with one attached hydrogen (secondary N) is 2. The Morgan fingerprint density at radius 2 is 2.14 bits per heavy atom. The summed E-state index contributed by atoms with van der Waals surface area (Å²) in [5.74, 6) is -0.223. The maximum absolute atomic E-state index is 11.9. The highest BCUT2D eigenvalue weighted by molar-refractivity contribution is 5.91. The lowest BCUT2D eigenvalue weighted by Gasteiger charge is -2.09. The fourth-order valence-electron chi connectivity index (χ4n) is 1.58. The number of hydrogen-bond acceptors (Lipinski definition) is 5. The van der Waals surface area contributed by atoms with Crippen molar-refractivity contribution in [3.05, 3.63) is 42.0 Å². The van der Waals surface area contributed by atoms with E-state index in [0.717, 1.165) is 5.69 Å². The number of likely N-dealkylation sites (N-methyl/N-ethyl adjacent to an activating group) is 1. The van der Waals surface area contributed by atoms with E-state index in [9.17, 15) is 4.79 Å². The molecule has 0 spiro atoms. The van der Waals surface area contributed by atoms with Gasteiger partial charge in [-0.05, 0) is 26.1 Å². The van der Waals surface area contributed by atoms with Crippen molar-refractivity contribution in [1.29, 1.82) is 0 Å². The first-order chi connectivity index (χ1) is 9.69. The third-order valence-electron chi connectivity index (χ3n) is 2.88. The Labute approximate surface area is 141 Å². The zero-order valence-electron chi connectivity index (χ0n) is 12.4. The zero-order valence-corrected chi connectivity index (χ0v) is 14.0. The quantitative estimate of drug-likeness (QED) is 0.811. The van der Waals surface area contributed by atoms with Gasteiger partial charge in [0.15, 0.2) is 5.69 Å². The van der Waals surface area contributed by atoms with Gasteiger partial charge in [0.05, 0.1) is 18.4 Å². The average molecular weight is 347 g/mol. The summed E-state index contributed by atoms with van der Waals surface area (Å²) >= 11 is 0. The molecule has 0 aliphatic carbocycles. The highest BCUT2D eigenvalue weighted by atomic mass is 35.5. The summed E-state index contributed by atoms with van der Waals surface area (Å²) in [7, 11) is 1.85. The molecular formula is C13H20Cl2N6O. The van der Waals surface area contributed by atoms with Gasteiger partial charge < -0.3 is 10.6 Å². The van der Waals surface area contributed by atoms with Crippen LogP contribution in [0.15, 0.2) is 30.6 Å². The highest BCUT2D eigenvalue weighted by Gasteiger charge is 2.11. The van der Waals surface area contributed by atoms with Crippen LogP contribution in [0.4, 0.5) is 0 Å². The van der Waals surface area contributed by atoms with Gasteiger partial charge in [-0.15, -0.1) is 29.9 Å². The number of aromatic nitrogens is 4. The summed E-state index contributed by atoms with van der Waals surface area (Å²) in [6.07, 6.45) is 3.34. The van der Waals surface area contributed by atoms with Crippen molar-refractivity contribution in [2.45, 2.75) is 19.5 Å². The van der Waals surface area contributed by atoms with Crippen LogP contribution in [-0.2, 0) is 6.54 Å². The molecule has 1 atom stereocenters. The fraction of sp³-hybridized carbons (Fsp3) is 0.385. The molecule has 0 fully saturated rings. The van der Waals surface area contributed by atoms with Crippen molar-refractivity contribution in [2.24, 2.45) is 0 Å². The van der Waals surface area contributed by atoms with E-state index in [1.165, 1.54) is 0 Å². The second-order valence-electron chi connectivity index (χ2n) is 4.52. The molecule has 2 rings (SSSR count). The number of rotatable bonds is 6. The Morgan fingerprint density at radius 1 is 1.36 bits per heavy atom. The van der Waals surface area contributed by atoms with Crippen LogP contribution < -0.4 is 10.6 Å². The number of halogens is 2. The van der Waals surface area contributed by atoms with Gasteiger partial charge in [-0.2, -0.15) is 0 Å². The van der Waals surface area contributed by atoms with Crippen molar-refractivity contribution in [3.8, 4) is 0 Å². The van der Waals surface area contributed by atoms with Crippen LogP contribution in [0.25, 0.3) is 0 Å². The van der Waals surface area contributed by atoms with Crippen molar-refractivity contribution in [3.63, 3.8) is 0 Å². The van der Waals surface area contributed by atoms with Gasteiger partial charge in [-0.1, -0.05) is 11.3 Å². The molecule has 0 saturated heterocycles. The molecule has 0 aromatic carbocycles. The second-order valence-corrected chi connectivity index (χ2v) is 4.52. The molecule has 0 aliphatic rings. The van der Waals surface area contributed by atoms with Crippen molar-refractivity contribution < 1.29 is 4.79 Å². The largest absolute Gasteiger partial charge is 0.349 e. The summed E-state index contributed by atoms with van der Waals surface area (Å²) in [4.78, 5) is 16.1. The van der Waals surface area contributed by atoms with Gasteiger partial charge >= 0.3 is 0 Å². The minimum atomic E-state index is -0.223. The van der Waals surface area contributed by atoms with Crippen molar-refractivity contribution >= 4 is 30.7 Å². The summed E-state index contributed by atoms with van der Waals surface area (Å²) in [5.41, 5.74) is 1.18. The molecule has 7 nitrogen and oxygen atoms in total. The minimum Gasteiger partial charge on any atom is -0.349 e. The normalized spacial score (nSPS) is 11.0. The Morgan fingerprint density at radius 3 is 2.77 bits per heavy atom. The van der Waals surface area contributed by atoms with Gasteiger partial charge in [0.1, 0.15) is 0 Å². The predicted octanol–water partition coefficient (Wildman–Crippen LogP) is 0.903. The highest BCUT2D eigenvalue weighted by Crippen LogP contribution is 1.99. The molecule has 2 N–H and O–H groups in total. The van der Waals surface area contributed by atoms with Gasteiger partial charge in [0, 0.05) is 18.8 Å². The number of nitrogens with zero attached hydrogens (tertiary/aromatic N) is 4. The molecular weight excluding hydrogens is 327 g/mol. The lowest BCUT2D eigenvalue weighted by molar-refractivity contribution is 0.0945. The van der Waals surface area contributed by atoms with Crippen LogP contribution in [0.3, 0.4) is 0 Å². The molecule has 0 radical (unpaired) electrons. The van der Waals surface area contributed by atoms with E-state index >= 15 is 0 Å². The average Bonchev–Trinajstić information content (AvgIpc) is 2.94. The lowest BCUT2D eigenvalue weighted by Crippen LogP contribution is -2.37. The number of amides is 1. The van der Waals surface area contributed by atoms with Crippen molar-refractivity contribution in [2.75, 3.05) is 13.6 Å². The van der Waals surface area contributed by atoms with Crippen LogP contribution >= 0.6 is 24.8 Å². The van der Waals surface area contributed by atoms with Crippen LogP contribution in [0.5, 0.6) is 0 Å². The number of hydrogen-bond donors (Lipinski definition) is 2. The van der Waals surface area contributed by atoms with E-state index < -0.39 is 0 Å². The third-order valence-corrected chi connectivity index (χ3v) is 2.88. The van der Waals surface area contributed by atoms with Crippen LogP contribution in [0.2, 0.25) is 0 Å². The summed E-state index contributed by atoms with van der Waals surface area (Å²) in [6, 6.07) is 5.87. The fourth-order valence-corrected chi connectivity index (χ4v) is 1.58. The maximum Gasteiger partial charge on any atom is 0.273 e. The maximum atomic E-state index is 11.9. The Balaban J connectivity index is 0.00000220. The Hall–Kier alpha value is -1.70. The summed E-state index contributed by atoms with van der Waals surface area (Å²) in [6.45, 7) is 3.02. The molecule has 122 valence electrons. The molecule has 2 aromatic rings. The number of carbonyl (C=O) groups excluding carboxylic acids is 1. The van der Waals surface area contributed by atoms with Gasteiger partial charge in [0.2, 0.25) is 0 Å². The SMILES string of the molecule is CNC(C)CNC(=O)c1cn(Cc2ccccn2)nn1.Cl.Cl. The molecule has 2 aromatic heterocycles.